The van der Waals surface area contributed by atoms with Crippen LogP contribution in [0.25, 0.3) is 0 Å². The van der Waals surface area contributed by atoms with Crippen molar-refractivity contribution in [1.82, 2.24) is 21.3 Å². The van der Waals surface area contributed by atoms with Gasteiger partial charge in [0.2, 0.25) is 23.6 Å². The van der Waals surface area contributed by atoms with Crippen molar-refractivity contribution in [2.24, 2.45) is 0 Å². The smallest absolute Gasteiger partial charge is 0.217 e. The molecule has 0 radical (unpaired) electrons. The fourth-order valence-electron chi connectivity index (χ4n) is 8.60. The average Bonchev–Trinajstić information content (AvgIpc) is 3.28. The van der Waals surface area contributed by atoms with E-state index < -0.39 is 210 Å². The van der Waals surface area contributed by atoms with E-state index in [4.69, 9.17) is 42.6 Å². The molecule has 0 bridgehead atoms. The van der Waals surface area contributed by atoms with Gasteiger partial charge in [-0.15, -0.1) is 0 Å². The molecular weight excluding hydrogens is 928 g/mol. The Hall–Kier alpha value is -3.00. The monoisotopic (exact) mass is 992 g/mol. The zero-order valence-electron chi connectivity index (χ0n) is 37.1. The molecule has 25 atom stereocenters. The van der Waals surface area contributed by atoms with Crippen molar-refractivity contribution >= 4 is 23.6 Å². The molecule has 5 aliphatic rings. The summed E-state index contributed by atoms with van der Waals surface area (Å²) in [6.45, 7) is -0.110. The maximum atomic E-state index is 12.9. The maximum Gasteiger partial charge on any atom is 0.217 e. The van der Waals surface area contributed by atoms with Gasteiger partial charge in [-0.1, -0.05) is 0 Å². The highest BCUT2D eigenvalue weighted by Gasteiger charge is 2.57. The molecule has 30 heteroatoms. The molecule has 5 rings (SSSR count). The number of amides is 4. The van der Waals surface area contributed by atoms with Gasteiger partial charge in [-0.05, 0) is 0 Å². The van der Waals surface area contributed by atoms with E-state index in [0.717, 1.165) is 27.7 Å². The Morgan fingerprint density at radius 3 is 1.25 bits per heavy atom. The van der Waals surface area contributed by atoms with E-state index in [2.05, 4.69) is 21.3 Å². The molecule has 5 saturated heterocycles. The fraction of sp³-hybridized carbons (Fsp3) is 0.895. The first-order chi connectivity index (χ1) is 32.1. The SMILES string of the molecule is CC(=O)N[C@@H]1[C@@H](NC(C)=O)[C@H](O)O[C@H](CO)[C@H]1O[C@@H]1O[C@H](CO)[C@@H](O[C@H]2O[C@H](CO[C@H]3O[C@H](CO)[C@@H](O)[C@H](O)[C@@H]3O)[C@@H](O)[C@H](O[C@H]3O[C@H](CO)[C@@H](O)[C@H](O)[C@@H]3O)[C@@H]2O)[C@H](NC(C)=O)[C@H]1NC(C)=O. The normalized spacial score (nSPS) is 45.5. The topological polar surface area (TPSA) is 462 Å². The van der Waals surface area contributed by atoms with Crippen molar-refractivity contribution in [2.75, 3.05) is 33.0 Å². The van der Waals surface area contributed by atoms with Gasteiger partial charge in [-0.25, -0.2) is 0 Å². The summed E-state index contributed by atoms with van der Waals surface area (Å²) >= 11 is 0. The molecule has 392 valence electrons. The lowest BCUT2D eigenvalue weighted by Gasteiger charge is -2.51. The second kappa shape index (κ2) is 24.4. The highest BCUT2D eigenvalue weighted by Crippen LogP contribution is 2.35. The number of aliphatic hydroxyl groups excluding tert-OH is 13. The van der Waals surface area contributed by atoms with Gasteiger partial charge < -0.3 is 130 Å². The maximum absolute atomic E-state index is 12.9. The molecule has 0 aromatic carbocycles. The van der Waals surface area contributed by atoms with Crippen LogP contribution in [0.15, 0.2) is 0 Å². The van der Waals surface area contributed by atoms with Crippen LogP contribution in [0.2, 0.25) is 0 Å². The number of nitrogens with one attached hydrogen (secondary N) is 4. The molecule has 0 aromatic rings. The third-order valence-corrected chi connectivity index (χ3v) is 11.9. The molecule has 0 saturated carbocycles. The van der Waals surface area contributed by atoms with Crippen LogP contribution in [0.4, 0.5) is 0 Å². The molecular formula is C38H64N4O26. The van der Waals surface area contributed by atoms with E-state index >= 15 is 0 Å². The van der Waals surface area contributed by atoms with Gasteiger partial charge in [-0.3, -0.25) is 19.2 Å². The minimum Gasteiger partial charge on any atom is -0.394 e. The quantitative estimate of drug-likeness (QED) is 0.0643. The molecule has 68 heavy (non-hydrogen) atoms. The molecule has 5 fully saturated rings. The van der Waals surface area contributed by atoms with Crippen LogP contribution in [0.1, 0.15) is 27.7 Å². The Kier molecular flexibility index (Phi) is 20.1. The molecule has 0 spiro atoms. The molecule has 0 unspecified atom stereocenters. The van der Waals surface area contributed by atoms with Gasteiger partial charge in [0, 0.05) is 27.7 Å². The first-order valence-corrected chi connectivity index (χ1v) is 21.6. The number of aliphatic hydroxyl groups is 13. The van der Waals surface area contributed by atoms with Gasteiger partial charge in [0.05, 0.1) is 45.1 Å². The summed E-state index contributed by atoms with van der Waals surface area (Å²) in [4.78, 5) is 50.4. The third kappa shape index (κ3) is 12.7. The molecule has 30 nitrogen and oxygen atoms in total. The van der Waals surface area contributed by atoms with Gasteiger partial charge >= 0.3 is 0 Å². The summed E-state index contributed by atoms with van der Waals surface area (Å²) in [5, 5.41) is 148. The van der Waals surface area contributed by atoms with Crippen LogP contribution in [0.5, 0.6) is 0 Å². The predicted molar refractivity (Wildman–Crippen MR) is 213 cm³/mol. The minimum atomic E-state index is -2.20. The number of ether oxygens (including phenoxy) is 9. The largest absolute Gasteiger partial charge is 0.394 e. The highest BCUT2D eigenvalue weighted by molar-refractivity contribution is 5.76. The number of hydrogen-bond acceptors (Lipinski definition) is 26. The summed E-state index contributed by atoms with van der Waals surface area (Å²) in [5.74, 6) is -2.92. The van der Waals surface area contributed by atoms with E-state index in [9.17, 15) is 85.6 Å². The highest BCUT2D eigenvalue weighted by atomic mass is 16.8. The fourth-order valence-corrected chi connectivity index (χ4v) is 8.60. The standard InChI is InChI=1S/C38H64N4O26/c1-10(47)39-19-21(41-12(3)49)34(59)61-16(7-45)31(19)66-35-22(42-13(4)50)20(40-11(2)48)32(17(8-46)64-35)67-38-30(58)33(68-37-29(57)27(55)24(52)15(6-44)63-37)25(53)18(65-38)9-60-36-28(56)26(54)23(51)14(5-43)62-36/h14-38,43-46,51-59H,5-9H2,1-4H3,(H,39,47)(H,40,48)(H,41,49)(H,42,50)/t14-,15-,16-,17-,18-,19-,20-,21-,22-,23-,24-,25-,26+,27+,28+,29+,30+,31-,32-,33+,34-,35+,36+,37-,38-/m1/s1. The van der Waals surface area contributed by atoms with Crippen molar-refractivity contribution in [1.29, 1.82) is 0 Å². The summed E-state index contributed by atoms with van der Waals surface area (Å²) in [6, 6.07) is -5.93. The predicted octanol–water partition coefficient (Wildman–Crippen LogP) is -11.3. The van der Waals surface area contributed by atoms with Crippen LogP contribution < -0.4 is 21.3 Å². The Labute approximate surface area is 386 Å². The van der Waals surface area contributed by atoms with Gasteiger partial charge in [0.25, 0.3) is 0 Å². The summed E-state index contributed by atoms with van der Waals surface area (Å²) in [6.07, 6.45) is -38.4. The Morgan fingerprint density at radius 1 is 0.382 bits per heavy atom. The average molecular weight is 993 g/mol. The van der Waals surface area contributed by atoms with Gasteiger partial charge in [-0.2, -0.15) is 0 Å². The van der Waals surface area contributed by atoms with Crippen LogP contribution in [0, 0.1) is 0 Å². The van der Waals surface area contributed by atoms with Gasteiger partial charge in [0.1, 0.15) is 110 Å². The summed E-state index contributed by atoms with van der Waals surface area (Å²) in [5.41, 5.74) is 0. The first kappa shape index (κ1) is 55.9. The Morgan fingerprint density at radius 2 is 0.750 bits per heavy atom. The van der Waals surface area contributed by atoms with Crippen LogP contribution in [-0.2, 0) is 61.8 Å². The van der Waals surface area contributed by atoms with Crippen LogP contribution in [0.3, 0.4) is 0 Å². The molecule has 0 aromatic heterocycles. The first-order valence-electron chi connectivity index (χ1n) is 21.6. The zero-order chi connectivity index (χ0) is 50.5. The molecule has 5 heterocycles. The molecule has 17 N–H and O–H groups in total. The van der Waals surface area contributed by atoms with Crippen molar-refractivity contribution in [3.05, 3.63) is 0 Å². The van der Waals surface area contributed by atoms with Crippen molar-refractivity contribution in [3.8, 4) is 0 Å². The van der Waals surface area contributed by atoms with E-state index in [0.29, 0.717) is 0 Å². The van der Waals surface area contributed by atoms with Crippen molar-refractivity contribution in [3.63, 3.8) is 0 Å². The molecule has 5 aliphatic heterocycles. The van der Waals surface area contributed by atoms with E-state index in [-0.39, 0.29) is 0 Å². The summed E-state index contributed by atoms with van der Waals surface area (Å²) in [7, 11) is 0. The zero-order valence-corrected chi connectivity index (χ0v) is 37.1. The molecule has 4 amide bonds. The Balaban J connectivity index is 1.50. The lowest BCUT2D eigenvalue weighted by Crippen LogP contribution is -2.74. The van der Waals surface area contributed by atoms with E-state index in [1.165, 1.54) is 0 Å². The lowest BCUT2D eigenvalue weighted by molar-refractivity contribution is -0.378. The summed E-state index contributed by atoms with van der Waals surface area (Å²) < 4.78 is 52.3. The van der Waals surface area contributed by atoms with Crippen molar-refractivity contribution < 1.29 is 128 Å². The van der Waals surface area contributed by atoms with E-state index in [1.807, 2.05) is 0 Å². The lowest BCUT2D eigenvalue weighted by atomic mass is 9.91. The van der Waals surface area contributed by atoms with E-state index in [1.54, 1.807) is 0 Å². The number of hydrogen-bond donors (Lipinski definition) is 17. The van der Waals surface area contributed by atoms with Crippen LogP contribution in [-0.4, -0.2) is 276 Å². The number of rotatable bonds is 17. The second-order valence-corrected chi connectivity index (χ2v) is 16.9. The minimum absolute atomic E-state index is 0.673. The van der Waals surface area contributed by atoms with Crippen molar-refractivity contribution in [2.45, 2.75) is 181 Å². The number of carbonyl (C=O) groups excluding carboxylic acids is 4. The van der Waals surface area contributed by atoms with Gasteiger partial charge in [0.15, 0.2) is 31.5 Å². The number of carbonyl (C=O) groups is 4. The third-order valence-electron chi connectivity index (χ3n) is 11.9. The van der Waals surface area contributed by atoms with Crippen LogP contribution >= 0.6 is 0 Å². The Bertz CT molecular complexity index is 1670. The second-order valence-electron chi connectivity index (χ2n) is 16.9. The molecule has 0 aliphatic carbocycles.